The lowest BCUT2D eigenvalue weighted by atomic mass is 9.72. The molecule has 3 rings (SSSR count). The number of methoxy groups -OCH3 is 1. The van der Waals surface area contributed by atoms with Crippen LogP contribution in [0.4, 0.5) is 0 Å². The molecule has 102 valence electrons. The van der Waals surface area contributed by atoms with Gasteiger partial charge in [-0.3, -0.25) is 4.79 Å². The molecule has 1 atom stereocenters. The van der Waals surface area contributed by atoms with Crippen molar-refractivity contribution in [2.24, 2.45) is 0 Å². The lowest BCUT2D eigenvalue weighted by Gasteiger charge is -2.61. The SMILES string of the molecule is CO[C@H]1C(=O)N(C2CCNCC2)C12CCOCC2. The third kappa shape index (κ3) is 1.68. The van der Waals surface area contributed by atoms with Crippen molar-refractivity contribution in [1.29, 1.82) is 0 Å². The molecule has 3 aliphatic heterocycles. The van der Waals surface area contributed by atoms with E-state index in [2.05, 4.69) is 10.2 Å². The zero-order valence-electron chi connectivity index (χ0n) is 11.0. The first-order valence-electron chi connectivity index (χ1n) is 6.94. The zero-order valence-corrected chi connectivity index (χ0v) is 11.0. The Balaban J connectivity index is 1.80. The van der Waals surface area contributed by atoms with Crippen molar-refractivity contribution in [1.82, 2.24) is 10.2 Å². The van der Waals surface area contributed by atoms with Crippen molar-refractivity contribution < 1.29 is 14.3 Å². The highest BCUT2D eigenvalue weighted by atomic mass is 16.5. The van der Waals surface area contributed by atoms with E-state index in [0.717, 1.165) is 52.0 Å². The van der Waals surface area contributed by atoms with Crippen LogP contribution >= 0.6 is 0 Å². The van der Waals surface area contributed by atoms with Gasteiger partial charge in [0.15, 0.2) is 6.10 Å². The lowest BCUT2D eigenvalue weighted by molar-refractivity contribution is -0.212. The third-order valence-corrected chi connectivity index (χ3v) is 4.70. The average Bonchev–Trinajstić information content (AvgIpc) is 2.41. The number of likely N-dealkylation sites (tertiary alicyclic amines) is 1. The molecule has 1 spiro atoms. The summed E-state index contributed by atoms with van der Waals surface area (Å²) in [4.78, 5) is 14.4. The molecule has 5 heteroatoms. The highest BCUT2D eigenvalue weighted by molar-refractivity contribution is 5.90. The summed E-state index contributed by atoms with van der Waals surface area (Å²) in [6, 6.07) is 0.392. The van der Waals surface area contributed by atoms with Crippen LogP contribution in [0.25, 0.3) is 0 Å². The fraction of sp³-hybridized carbons (Fsp3) is 0.923. The van der Waals surface area contributed by atoms with Gasteiger partial charge in [0.25, 0.3) is 5.91 Å². The molecule has 0 aromatic heterocycles. The highest BCUT2D eigenvalue weighted by Gasteiger charge is 2.62. The van der Waals surface area contributed by atoms with Crippen LogP contribution < -0.4 is 5.32 Å². The minimum Gasteiger partial charge on any atom is -0.381 e. The molecular formula is C13H22N2O3. The lowest BCUT2D eigenvalue weighted by Crippen LogP contribution is -2.78. The number of rotatable bonds is 2. The molecule has 3 heterocycles. The maximum absolute atomic E-state index is 12.3. The Morgan fingerprint density at radius 3 is 2.61 bits per heavy atom. The maximum Gasteiger partial charge on any atom is 0.254 e. The van der Waals surface area contributed by atoms with E-state index >= 15 is 0 Å². The Kier molecular flexibility index (Phi) is 3.30. The van der Waals surface area contributed by atoms with E-state index in [9.17, 15) is 4.79 Å². The summed E-state index contributed by atoms with van der Waals surface area (Å²) < 4.78 is 10.9. The number of nitrogens with zero attached hydrogens (tertiary/aromatic N) is 1. The second kappa shape index (κ2) is 4.79. The van der Waals surface area contributed by atoms with Crippen LogP contribution in [-0.4, -0.2) is 61.9 Å². The van der Waals surface area contributed by atoms with Gasteiger partial charge in [-0.05, 0) is 38.8 Å². The maximum atomic E-state index is 12.3. The molecule has 0 unspecified atom stereocenters. The van der Waals surface area contributed by atoms with Crippen molar-refractivity contribution in [3.63, 3.8) is 0 Å². The van der Waals surface area contributed by atoms with E-state index in [0.29, 0.717) is 6.04 Å². The van der Waals surface area contributed by atoms with Gasteiger partial charge in [0.05, 0.1) is 5.54 Å². The summed E-state index contributed by atoms with van der Waals surface area (Å²) in [6.45, 7) is 3.51. The van der Waals surface area contributed by atoms with Gasteiger partial charge >= 0.3 is 0 Å². The minimum atomic E-state index is -0.240. The van der Waals surface area contributed by atoms with Gasteiger partial charge in [0.2, 0.25) is 0 Å². The van der Waals surface area contributed by atoms with E-state index in [1.54, 1.807) is 7.11 Å². The van der Waals surface area contributed by atoms with E-state index in [1.807, 2.05) is 0 Å². The van der Waals surface area contributed by atoms with E-state index in [1.165, 1.54) is 0 Å². The molecule has 0 aromatic carbocycles. The van der Waals surface area contributed by atoms with Crippen molar-refractivity contribution in [3.8, 4) is 0 Å². The van der Waals surface area contributed by atoms with Crippen molar-refractivity contribution in [2.45, 2.75) is 43.4 Å². The third-order valence-electron chi connectivity index (χ3n) is 4.70. The van der Waals surface area contributed by atoms with Crippen LogP contribution in [0, 0.1) is 0 Å². The quantitative estimate of drug-likeness (QED) is 0.713. The van der Waals surface area contributed by atoms with Gasteiger partial charge < -0.3 is 19.7 Å². The molecule has 18 heavy (non-hydrogen) atoms. The first-order chi connectivity index (χ1) is 8.79. The Hall–Kier alpha value is -0.650. The summed E-state index contributed by atoms with van der Waals surface area (Å²) in [7, 11) is 1.65. The fourth-order valence-corrected chi connectivity index (χ4v) is 3.79. The van der Waals surface area contributed by atoms with Crippen LogP contribution in [0.1, 0.15) is 25.7 Å². The number of carbonyl (C=O) groups excluding carboxylic acids is 1. The normalized spacial score (nSPS) is 32.6. The Morgan fingerprint density at radius 2 is 2.00 bits per heavy atom. The summed E-state index contributed by atoms with van der Waals surface area (Å²) in [5.41, 5.74) is -0.0773. The molecule has 0 radical (unpaired) electrons. The average molecular weight is 254 g/mol. The first-order valence-corrected chi connectivity index (χ1v) is 6.94. The van der Waals surface area contributed by atoms with E-state index < -0.39 is 0 Å². The summed E-state index contributed by atoms with van der Waals surface area (Å²) >= 11 is 0. The summed E-state index contributed by atoms with van der Waals surface area (Å²) in [6.07, 6.45) is 3.72. The number of β-lactam (4-membered cyclic amide) rings is 1. The molecule has 0 bridgehead atoms. The van der Waals surface area contributed by atoms with Gasteiger partial charge in [-0.25, -0.2) is 0 Å². The number of nitrogens with one attached hydrogen (secondary N) is 1. The number of carbonyl (C=O) groups is 1. The summed E-state index contributed by atoms with van der Waals surface area (Å²) in [5, 5.41) is 3.36. The first kappa shape index (κ1) is 12.4. The predicted octanol–water partition coefficient (Wildman–Crippen LogP) is 0.145. The van der Waals surface area contributed by atoms with Crippen LogP contribution in [0.5, 0.6) is 0 Å². The molecule has 0 aromatic rings. The molecule has 3 saturated heterocycles. The standard InChI is InChI=1S/C13H22N2O3/c1-17-11-12(16)15(10-2-6-14-7-3-10)13(11)4-8-18-9-5-13/h10-11,14H,2-9H2,1H3/t11-/m0/s1. The minimum absolute atomic E-state index is 0.0773. The monoisotopic (exact) mass is 254 g/mol. The highest BCUT2D eigenvalue weighted by Crippen LogP contribution is 2.44. The van der Waals surface area contributed by atoms with Crippen LogP contribution in [0.3, 0.4) is 0 Å². The molecular weight excluding hydrogens is 232 g/mol. The molecule has 0 saturated carbocycles. The largest absolute Gasteiger partial charge is 0.381 e. The van der Waals surface area contributed by atoms with E-state index in [4.69, 9.17) is 9.47 Å². The smallest absolute Gasteiger partial charge is 0.254 e. The van der Waals surface area contributed by atoms with E-state index in [-0.39, 0.29) is 17.6 Å². The number of piperidine rings is 1. The Labute approximate surface area is 108 Å². The zero-order chi connectivity index (χ0) is 12.6. The molecule has 3 fully saturated rings. The number of hydrogen-bond acceptors (Lipinski definition) is 4. The number of ether oxygens (including phenoxy) is 2. The molecule has 3 aliphatic rings. The van der Waals surface area contributed by atoms with Gasteiger partial charge in [-0.15, -0.1) is 0 Å². The molecule has 1 amide bonds. The van der Waals surface area contributed by atoms with Crippen molar-refractivity contribution in [2.75, 3.05) is 33.4 Å². The van der Waals surface area contributed by atoms with Crippen LogP contribution in [0.2, 0.25) is 0 Å². The molecule has 5 nitrogen and oxygen atoms in total. The van der Waals surface area contributed by atoms with Crippen LogP contribution in [-0.2, 0) is 14.3 Å². The summed E-state index contributed by atoms with van der Waals surface area (Å²) in [5.74, 6) is 0.186. The van der Waals surface area contributed by atoms with Gasteiger partial charge in [-0.2, -0.15) is 0 Å². The van der Waals surface area contributed by atoms with Gasteiger partial charge in [-0.1, -0.05) is 0 Å². The molecule has 1 N–H and O–H groups in total. The van der Waals surface area contributed by atoms with Crippen molar-refractivity contribution in [3.05, 3.63) is 0 Å². The second-order valence-corrected chi connectivity index (χ2v) is 5.52. The van der Waals surface area contributed by atoms with Crippen molar-refractivity contribution >= 4 is 5.91 Å². The topological polar surface area (TPSA) is 50.8 Å². The number of hydrogen-bond donors (Lipinski definition) is 1. The Bertz CT molecular complexity index is 322. The second-order valence-electron chi connectivity index (χ2n) is 5.52. The predicted molar refractivity (Wildman–Crippen MR) is 66.3 cm³/mol. The Morgan fingerprint density at radius 1 is 1.33 bits per heavy atom. The fourth-order valence-electron chi connectivity index (χ4n) is 3.79. The van der Waals surface area contributed by atoms with Gasteiger partial charge in [0, 0.05) is 26.4 Å². The van der Waals surface area contributed by atoms with Gasteiger partial charge in [0.1, 0.15) is 0 Å². The number of amides is 1. The molecule has 0 aliphatic carbocycles. The van der Waals surface area contributed by atoms with Crippen LogP contribution in [0.15, 0.2) is 0 Å².